The van der Waals surface area contributed by atoms with Gasteiger partial charge in [0.15, 0.2) is 0 Å². The summed E-state index contributed by atoms with van der Waals surface area (Å²) in [5.41, 5.74) is 2.17. The van der Waals surface area contributed by atoms with Crippen molar-refractivity contribution in [1.82, 2.24) is 15.2 Å². The monoisotopic (exact) mass is 323 g/mol. The first kappa shape index (κ1) is 19.2. The molecule has 0 aliphatic heterocycles. The van der Waals surface area contributed by atoms with Gasteiger partial charge in [-0.25, -0.2) is 4.79 Å². The van der Waals surface area contributed by atoms with Gasteiger partial charge in [0.1, 0.15) is 5.69 Å². The maximum atomic E-state index is 12.3. The quantitative estimate of drug-likeness (QED) is 0.720. The Balaban J connectivity index is 2.77. The summed E-state index contributed by atoms with van der Waals surface area (Å²) in [6, 6.07) is 0. The summed E-state index contributed by atoms with van der Waals surface area (Å²) in [5, 5.41) is 2.90. The Morgan fingerprint density at radius 2 is 1.83 bits per heavy atom. The number of aromatic nitrogens is 1. The van der Waals surface area contributed by atoms with Gasteiger partial charge in [-0.15, -0.1) is 0 Å². The van der Waals surface area contributed by atoms with Crippen molar-refractivity contribution in [3.05, 3.63) is 22.5 Å². The fourth-order valence-corrected chi connectivity index (χ4v) is 2.51. The van der Waals surface area contributed by atoms with E-state index >= 15 is 0 Å². The number of hydrogen-bond acceptors (Lipinski definition) is 4. The van der Waals surface area contributed by atoms with Crippen LogP contribution in [0.25, 0.3) is 0 Å². The van der Waals surface area contributed by atoms with Crippen molar-refractivity contribution >= 4 is 11.9 Å². The number of carbonyl (C=O) groups is 2. The van der Waals surface area contributed by atoms with Crippen molar-refractivity contribution in [2.75, 3.05) is 26.2 Å². The fraction of sp³-hybridized carbons (Fsp3) is 0.647. The zero-order chi connectivity index (χ0) is 17.6. The molecule has 0 saturated carbocycles. The Labute approximate surface area is 138 Å². The van der Waals surface area contributed by atoms with Gasteiger partial charge in [-0.3, -0.25) is 4.79 Å². The number of aromatic amines is 1. The lowest BCUT2D eigenvalue weighted by molar-refractivity contribution is 0.0376. The predicted molar refractivity (Wildman–Crippen MR) is 90.9 cm³/mol. The molecule has 1 heterocycles. The Kier molecular flexibility index (Phi) is 7.29. The fourth-order valence-electron chi connectivity index (χ4n) is 2.51. The van der Waals surface area contributed by atoms with Crippen LogP contribution >= 0.6 is 0 Å². The molecule has 6 nitrogen and oxygen atoms in total. The van der Waals surface area contributed by atoms with Gasteiger partial charge in [-0.05, 0) is 46.3 Å². The zero-order valence-electron chi connectivity index (χ0n) is 15.1. The molecule has 130 valence electrons. The molecule has 0 atom stereocenters. The summed E-state index contributed by atoms with van der Waals surface area (Å²) in [4.78, 5) is 29.7. The molecule has 0 unspecified atom stereocenters. The molecule has 1 aromatic rings. The van der Waals surface area contributed by atoms with Crippen LogP contribution in [0.3, 0.4) is 0 Å². The van der Waals surface area contributed by atoms with Crippen LogP contribution in [0.15, 0.2) is 0 Å². The Hall–Kier alpha value is -1.82. The number of ether oxygens (including phenoxy) is 1. The molecular weight excluding hydrogens is 294 g/mol. The molecule has 0 saturated heterocycles. The predicted octanol–water partition coefficient (Wildman–Crippen LogP) is 2.27. The Bertz CT molecular complexity index is 546. The summed E-state index contributed by atoms with van der Waals surface area (Å²) >= 11 is 0. The third kappa shape index (κ3) is 5.10. The van der Waals surface area contributed by atoms with E-state index in [4.69, 9.17) is 4.74 Å². The number of aryl methyl sites for hydroxylation is 1. The molecule has 0 spiro atoms. The normalized spacial score (nSPS) is 11.1. The SMILES string of the molecule is CCN(CC)CCNC(=O)c1[nH]c(C)c(C(=O)OC(C)C)c1C. The van der Waals surface area contributed by atoms with E-state index in [2.05, 4.69) is 29.0 Å². The van der Waals surface area contributed by atoms with E-state index in [-0.39, 0.29) is 12.0 Å². The molecular formula is C17H29N3O3. The van der Waals surface area contributed by atoms with Crippen LogP contribution in [0, 0.1) is 13.8 Å². The second-order valence-electron chi connectivity index (χ2n) is 5.86. The van der Waals surface area contributed by atoms with Gasteiger partial charge in [0, 0.05) is 18.8 Å². The van der Waals surface area contributed by atoms with Crippen molar-refractivity contribution < 1.29 is 14.3 Å². The summed E-state index contributed by atoms with van der Waals surface area (Å²) in [5.74, 6) is -0.588. The van der Waals surface area contributed by atoms with Crippen LogP contribution in [0.1, 0.15) is 59.8 Å². The first-order chi connectivity index (χ1) is 10.8. The molecule has 0 aliphatic rings. The van der Waals surface area contributed by atoms with Crippen LogP contribution in [0.2, 0.25) is 0 Å². The summed E-state index contributed by atoms with van der Waals surface area (Å²) in [7, 11) is 0. The van der Waals surface area contributed by atoms with Crippen LogP contribution < -0.4 is 5.32 Å². The van der Waals surface area contributed by atoms with E-state index < -0.39 is 5.97 Å². The third-order valence-corrected chi connectivity index (χ3v) is 3.82. The lowest BCUT2D eigenvalue weighted by atomic mass is 10.1. The average Bonchev–Trinajstić information content (AvgIpc) is 2.77. The molecule has 2 N–H and O–H groups in total. The van der Waals surface area contributed by atoms with Gasteiger partial charge >= 0.3 is 5.97 Å². The molecule has 0 aliphatic carbocycles. The van der Waals surface area contributed by atoms with Crippen LogP contribution in [-0.4, -0.2) is 54.0 Å². The van der Waals surface area contributed by atoms with Crippen molar-refractivity contribution in [3.63, 3.8) is 0 Å². The number of nitrogens with one attached hydrogen (secondary N) is 2. The van der Waals surface area contributed by atoms with E-state index in [1.165, 1.54) is 0 Å². The van der Waals surface area contributed by atoms with Gasteiger partial charge in [-0.1, -0.05) is 13.8 Å². The maximum absolute atomic E-state index is 12.3. The standard InChI is InChI=1S/C17H29N3O3/c1-7-20(8-2)10-9-18-16(21)15-12(5)14(13(6)19-15)17(22)23-11(3)4/h11,19H,7-10H2,1-6H3,(H,18,21). The molecule has 1 rings (SSSR count). The van der Waals surface area contributed by atoms with E-state index in [9.17, 15) is 9.59 Å². The zero-order valence-corrected chi connectivity index (χ0v) is 15.1. The van der Waals surface area contributed by atoms with Gasteiger partial charge in [0.2, 0.25) is 0 Å². The number of nitrogens with zero attached hydrogens (tertiary/aromatic N) is 1. The second kappa shape index (κ2) is 8.72. The lowest BCUT2D eigenvalue weighted by Crippen LogP contribution is -2.35. The van der Waals surface area contributed by atoms with E-state index in [1.807, 2.05) is 0 Å². The number of amides is 1. The highest BCUT2D eigenvalue weighted by Crippen LogP contribution is 2.19. The maximum Gasteiger partial charge on any atom is 0.340 e. The molecule has 0 bridgehead atoms. The first-order valence-electron chi connectivity index (χ1n) is 8.22. The van der Waals surface area contributed by atoms with Gasteiger partial charge < -0.3 is 19.9 Å². The Morgan fingerprint density at radius 3 is 2.35 bits per heavy atom. The van der Waals surface area contributed by atoms with Crippen molar-refractivity contribution in [2.24, 2.45) is 0 Å². The number of likely N-dealkylation sites (N-methyl/N-ethyl adjacent to an activating group) is 1. The molecule has 23 heavy (non-hydrogen) atoms. The molecule has 1 aromatic heterocycles. The van der Waals surface area contributed by atoms with Crippen LogP contribution in [0.4, 0.5) is 0 Å². The van der Waals surface area contributed by atoms with Gasteiger partial charge in [-0.2, -0.15) is 0 Å². The Morgan fingerprint density at radius 1 is 1.22 bits per heavy atom. The van der Waals surface area contributed by atoms with E-state index in [0.29, 0.717) is 29.1 Å². The minimum Gasteiger partial charge on any atom is -0.459 e. The molecule has 1 amide bonds. The lowest BCUT2D eigenvalue weighted by Gasteiger charge is -2.17. The van der Waals surface area contributed by atoms with Crippen molar-refractivity contribution in [2.45, 2.75) is 47.6 Å². The third-order valence-electron chi connectivity index (χ3n) is 3.82. The minimum absolute atomic E-state index is 0.192. The average molecular weight is 323 g/mol. The molecule has 0 aromatic carbocycles. The number of carbonyl (C=O) groups excluding carboxylic acids is 2. The summed E-state index contributed by atoms with van der Waals surface area (Å²) < 4.78 is 5.24. The second-order valence-corrected chi connectivity index (χ2v) is 5.86. The van der Waals surface area contributed by atoms with Gasteiger partial charge in [0.05, 0.1) is 11.7 Å². The van der Waals surface area contributed by atoms with Crippen LogP contribution in [-0.2, 0) is 4.74 Å². The number of esters is 1. The largest absolute Gasteiger partial charge is 0.459 e. The minimum atomic E-state index is -0.395. The highest BCUT2D eigenvalue weighted by Gasteiger charge is 2.23. The van der Waals surface area contributed by atoms with Gasteiger partial charge in [0.25, 0.3) is 5.91 Å². The van der Waals surface area contributed by atoms with E-state index in [1.54, 1.807) is 27.7 Å². The molecule has 6 heteroatoms. The summed E-state index contributed by atoms with van der Waals surface area (Å²) in [6.45, 7) is 14.6. The molecule has 0 fully saturated rings. The topological polar surface area (TPSA) is 74.4 Å². The molecule has 0 radical (unpaired) electrons. The number of H-pyrrole nitrogens is 1. The first-order valence-corrected chi connectivity index (χ1v) is 8.22. The highest BCUT2D eigenvalue weighted by atomic mass is 16.5. The number of rotatable bonds is 8. The van der Waals surface area contributed by atoms with Crippen molar-refractivity contribution in [3.8, 4) is 0 Å². The van der Waals surface area contributed by atoms with E-state index in [0.717, 1.165) is 19.6 Å². The van der Waals surface area contributed by atoms with Crippen molar-refractivity contribution in [1.29, 1.82) is 0 Å². The smallest absolute Gasteiger partial charge is 0.340 e. The number of hydrogen-bond donors (Lipinski definition) is 2. The highest BCUT2D eigenvalue weighted by molar-refractivity contribution is 6.00. The summed E-state index contributed by atoms with van der Waals surface area (Å²) in [6.07, 6.45) is -0.192. The van der Waals surface area contributed by atoms with Crippen LogP contribution in [0.5, 0.6) is 0 Å².